The van der Waals surface area contributed by atoms with Crippen LogP contribution in [0, 0.1) is 11.8 Å². The first-order valence-corrected chi connectivity index (χ1v) is 8.88. The molecule has 2 aliphatic heterocycles. The Morgan fingerprint density at radius 2 is 2.00 bits per heavy atom. The maximum absolute atomic E-state index is 12.1. The fourth-order valence-corrected chi connectivity index (χ4v) is 4.20. The summed E-state index contributed by atoms with van der Waals surface area (Å²) in [7, 11) is 0. The van der Waals surface area contributed by atoms with Gasteiger partial charge >= 0.3 is 0 Å². The lowest BCUT2D eigenvalue weighted by molar-refractivity contribution is -0.123. The molecule has 2 fully saturated rings. The molecule has 4 nitrogen and oxygen atoms in total. The number of rotatable bonds is 4. The third kappa shape index (κ3) is 4.12. The highest BCUT2D eigenvalue weighted by Crippen LogP contribution is 2.26. The van der Waals surface area contributed by atoms with Crippen LogP contribution in [-0.4, -0.2) is 53.7 Å². The summed E-state index contributed by atoms with van der Waals surface area (Å²) in [6, 6.07) is -0.00463. The van der Waals surface area contributed by atoms with Crippen LogP contribution in [0.4, 0.5) is 0 Å². The van der Waals surface area contributed by atoms with Crippen molar-refractivity contribution in [3.63, 3.8) is 0 Å². The summed E-state index contributed by atoms with van der Waals surface area (Å²) in [6.45, 7) is 12.2. The molecule has 0 bridgehead atoms. The molecule has 2 saturated heterocycles. The lowest BCUT2D eigenvalue weighted by Crippen LogP contribution is -2.57. The number of nitrogens with zero attached hydrogens (tertiary/aromatic N) is 1. The van der Waals surface area contributed by atoms with Gasteiger partial charge in [0.05, 0.1) is 6.04 Å². The van der Waals surface area contributed by atoms with Crippen LogP contribution in [0.3, 0.4) is 0 Å². The molecule has 5 heteroatoms. The second-order valence-corrected chi connectivity index (χ2v) is 8.18. The maximum Gasteiger partial charge on any atom is 0.238 e. The Labute approximate surface area is 127 Å². The molecule has 1 amide bonds. The summed E-state index contributed by atoms with van der Waals surface area (Å²) < 4.78 is 0. The van der Waals surface area contributed by atoms with Gasteiger partial charge in [0.2, 0.25) is 5.91 Å². The van der Waals surface area contributed by atoms with Crippen LogP contribution >= 0.6 is 11.8 Å². The average molecular weight is 299 g/mol. The minimum absolute atomic E-state index is 0.00463. The molecule has 2 aliphatic rings. The Bertz CT molecular complexity index is 332. The first-order valence-electron chi connectivity index (χ1n) is 7.72. The first-order chi connectivity index (χ1) is 9.38. The van der Waals surface area contributed by atoms with Crippen LogP contribution in [0.15, 0.2) is 0 Å². The van der Waals surface area contributed by atoms with Crippen molar-refractivity contribution in [1.29, 1.82) is 0 Å². The molecule has 2 N–H and O–H groups in total. The number of likely N-dealkylation sites (tertiary alicyclic amines) is 1. The first kappa shape index (κ1) is 16.1. The van der Waals surface area contributed by atoms with Crippen LogP contribution in [0.5, 0.6) is 0 Å². The van der Waals surface area contributed by atoms with E-state index in [1.165, 1.54) is 6.42 Å². The van der Waals surface area contributed by atoms with Gasteiger partial charge in [-0.05, 0) is 32.1 Å². The molecule has 116 valence electrons. The number of thioether (sulfide) groups is 1. The van der Waals surface area contributed by atoms with Crippen molar-refractivity contribution < 1.29 is 4.79 Å². The summed E-state index contributed by atoms with van der Waals surface area (Å²) in [5, 5.41) is 6.36. The third-order valence-corrected chi connectivity index (χ3v) is 5.39. The number of nitrogens with one attached hydrogen (secondary N) is 2. The Hall–Kier alpha value is -0.260. The quantitative estimate of drug-likeness (QED) is 0.826. The fraction of sp³-hybridized carbons (Fsp3) is 0.933. The van der Waals surface area contributed by atoms with Crippen LogP contribution < -0.4 is 10.6 Å². The average Bonchev–Trinajstić information content (AvgIpc) is 2.88. The minimum Gasteiger partial charge on any atom is -0.353 e. The largest absolute Gasteiger partial charge is 0.353 e. The van der Waals surface area contributed by atoms with Gasteiger partial charge in [-0.3, -0.25) is 15.0 Å². The van der Waals surface area contributed by atoms with Gasteiger partial charge in [0.25, 0.3) is 0 Å². The van der Waals surface area contributed by atoms with Crippen molar-refractivity contribution >= 4 is 17.7 Å². The third-order valence-electron chi connectivity index (χ3n) is 4.45. The summed E-state index contributed by atoms with van der Waals surface area (Å²) in [5.74, 6) is 3.44. The molecule has 2 heterocycles. The lowest BCUT2D eigenvalue weighted by Gasteiger charge is -2.45. The second kappa shape index (κ2) is 6.67. The van der Waals surface area contributed by atoms with Crippen LogP contribution in [-0.2, 0) is 4.79 Å². The summed E-state index contributed by atoms with van der Waals surface area (Å²) >= 11 is 1.79. The van der Waals surface area contributed by atoms with Crippen molar-refractivity contribution in [2.24, 2.45) is 11.8 Å². The highest BCUT2D eigenvalue weighted by Gasteiger charge is 2.33. The van der Waals surface area contributed by atoms with E-state index in [1.807, 2.05) is 0 Å². The highest BCUT2D eigenvalue weighted by atomic mass is 32.2. The Morgan fingerprint density at radius 1 is 1.35 bits per heavy atom. The molecule has 0 aromatic carbocycles. The van der Waals surface area contributed by atoms with Crippen molar-refractivity contribution in [2.75, 3.05) is 31.3 Å². The van der Waals surface area contributed by atoms with Crippen molar-refractivity contribution in [1.82, 2.24) is 15.5 Å². The van der Waals surface area contributed by atoms with E-state index in [-0.39, 0.29) is 17.5 Å². The van der Waals surface area contributed by atoms with E-state index >= 15 is 0 Å². The fourth-order valence-electron chi connectivity index (χ4n) is 3.26. The van der Waals surface area contributed by atoms with Gasteiger partial charge in [0, 0.05) is 36.8 Å². The molecule has 20 heavy (non-hydrogen) atoms. The normalized spacial score (nSPS) is 32.3. The summed E-state index contributed by atoms with van der Waals surface area (Å²) in [6.07, 6.45) is 1.32. The zero-order valence-electron chi connectivity index (χ0n) is 13.2. The molecule has 2 rings (SSSR count). The van der Waals surface area contributed by atoms with E-state index in [0.717, 1.165) is 43.1 Å². The molecule has 0 saturated carbocycles. The van der Waals surface area contributed by atoms with Crippen molar-refractivity contribution in [3.8, 4) is 0 Å². The van der Waals surface area contributed by atoms with Gasteiger partial charge < -0.3 is 5.32 Å². The van der Waals surface area contributed by atoms with Gasteiger partial charge in [-0.2, -0.15) is 0 Å². The number of hydrogen-bond acceptors (Lipinski definition) is 4. The topological polar surface area (TPSA) is 44.4 Å². The van der Waals surface area contributed by atoms with Crippen molar-refractivity contribution in [3.05, 3.63) is 0 Å². The number of carbonyl (C=O) groups is 1. The molecular formula is C15H29N3OS. The van der Waals surface area contributed by atoms with E-state index in [2.05, 4.69) is 43.2 Å². The lowest BCUT2D eigenvalue weighted by atomic mass is 9.88. The minimum atomic E-state index is -0.00463. The molecular weight excluding hydrogens is 270 g/mol. The van der Waals surface area contributed by atoms with Gasteiger partial charge in [0.15, 0.2) is 0 Å². The van der Waals surface area contributed by atoms with E-state index in [0.29, 0.717) is 0 Å². The molecule has 3 atom stereocenters. The van der Waals surface area contributed by atoms with E-state index in [9.17, 15) is 4.79 Å². The second-order valence-electron chi connectivity index (χ2n) is 7.15. The molecule has 0 aromatic rings. The van der Waals surface area contributed by atoms with Gasteiger partial charge in [-0.1, -0.05) is 13.8 Å². The zero-order valence-corrected chi connectivity index (χ0v) is 14.1. The monoisotopic (exact) mass is 299 g/mol. The number of piperidine rings is 1. The number of carbonyl (C=O) groups excluding carboxylic acids is 1. The van der Waals surface area contributed by atoms with Crippen LogP contribution in [0.2, 0.25) is 0 Å². The molecule has 0 spiro atoms. The molecule has 3 unspecified atom stereocenters. The van der Waals surface area contributed by atoms with Crippen molar-refractivity contribution in [2.45, 2.75) is 45.7 Å². The molecule has 0 aromatic heterocycles. The van der Waals surface area contributed by atoms with E-state index in [4.69, 9.17) is 0 Å². The standard InChI is InChI=1S/C15H29N3OS/c1-11-5-12(2)7-18(6-11)15(3,4)9-16-14(19)13-8-20-10-17-13/h11-13,17H,5-10H2,1-4H3,(H,16,19). The smallest absolute Gasteiger partial charge is 0.238 e. The van der Waals surface area contributed by atoms with Crippen LogP contribution in [0.1, 0.15) is 34.1 Å². The Morgan fingerprint density at radius 3 is 2.55 bits per heavy atom. The van der Waals surface area contributed by atoms with Crippen LogP contribution in [0.25, 0.3) is 0 Å². The van der Waals surface area contributed by atoms with Gasteiger partial charge in [-0.25, -0.2) is 0 Å². The Kier molecular flexibility index (Phi) is 5.37. The Balaban J connectivity index is 1.84. The highest BCUT2D eigenvalue weighted by molar-refractivity contribution is 7.99. The summed E-state index contributed by atoms with van der Waals surface area (Å²) in [5.41, 5.74) is 0.0321. The predicted octanol–water partition coefficient (Wildman–Crippen LogP) is 1.52. The number of amides is 1. The predicted molar refractivity (Wildman–Crippen MR) is 85.9 cm³/mol. The summed E-state index contributed by atoms with van der Waals surface area (Å²) in [4.78, 5) is 14.6. The SMILES string of the molecule is CC1CC(C)CN(C(C)(C)CNC(=O)C2CSCN2)C1. The van der Waals surface area contributed by atoms with E-state index < -0.39 is 0 Å². The number of hydrogen-bond donors (Lipinski definition) is 2. The molecule has 0 radical (unpaired) electrons. The van der Waals surface area contributed by atoms with Gasteiger partial charge in [0.1, 0.15) is 0 Å². The van der Waals surface area contributed by atoms with Gasteiger partial charge in [-0.15, -0.1) is 11.8 Å². The maximum atomic E-state index is 12.1. The molecule has 0 aliphatic carbocycles. The van der Waals surface area contributed by atoms with E-state index in [1.54, 1.807) is 11.8 Å². The zero-order chi connectivity index (χ0) is 14.8.